The average molecular weight is 355 g/mol. The molecule has 0 aliphatic carbocycles. The van der Waals surface area contributed by atoms with Gasteiger partial charge in [0.05, 0.1) is 0 Å². The molecule has 1 aromatic carbocycles. The largest absolute Gasteiger partial charge is 0.339 e. The number of hydrogen-bond donors (Lipinski definition) is 1. The van der Waals surface area contributed by atoms with Crippen LogP contribution in [0.5, 0.6) is 0 Å². The number of rotatable bonds is 4. The second kappa shape index (κ2) is 8.58. The molecule has 1 fully saturated rings. The molecule has 0 unspecified atom stereocenters. The lowest BCUT2D eigenvalue weighted by molar-refractivity contribution is -0.111. The number of nitrogens with zero attached hydrogens (tertiary/aromatic N) is 2. The highest BCUT2D eigenvalue weighted by atomic mass is 32.1. The number of anilines is 1. The SMILES string of the molecule is O=C(C=Cc1nccs1)Nc1ccc(C(=O)N2CCCCCC2)cc1. The molecule has 1 N–H and O–H groups in total. The monoisotopic (exact) mass is 355 g/mol. The number of carbonyl (C=O) groups excluding carboxylic acids is 2. The van der Waals surface area contributed by atoms with Gasteiger partial charge in [0.2, 0.25) is 5.91 Å². The molecule has 0 spiro atoms. The second-order valence-corrected chi connectivity index (χ2v) is 6.90. The summed E-state index contributed by atoms with van der Waals surface area (Å²) in [5.74, 6) is -0.148. The maximum atomic E-state index is 12.5. The predicted octanol–water partition coefficient (Wildman–Crippen LogP) is 3.81. The molecule has 25 heavy (non-hydrogen) atoms. The van der Waals surface area contributed by atoms with E-state index < -0.39 is 0 Å². The quantitative estimate of drug-likeness (QED) is 0.848. The topological polar surface area (TPSA) is 62.3 Å². The van der Waals surface area contributed by atoms with Crippen molar-refractivity contribution in [3.05, 3.63) is 52.5 Å². The molecule has 2 heterocycles. The highest BCUT2D eigenvalue weighted by Gasteiger charge is 2.17. The van der Waals surface area contributed by atoms with E-state index in [1.165, 1.54) is 30.3 Å². The molecule has 1 aliphatic rings. The zero-order chi connectivity index (χ0) is 17.5. The Hall–Kier alpha value is -2.47. The van der Waals surface area contributed by atoms with Crippen molar-refractivity contribution in [2.24, 2.45) is 0 Å². The fourth-order valence-electron chi connectivity index (χ4n) is 2.80. The van der Waals surface area contributed by atoms with Gasteiger partial charge in [-0.2, -0.15) is 0 Å². The third-order valence-electron chi connectivity index (χ3n) is 4.12. The number of hydrogen-bond acceptors (Lipinski definition) is 4. The Morgan fingerprint density at radius 1 is 1.08 bits per heavy atom. The van der Waals surface area contributed by atoms with Gasteiger partial charge in [0, 0.05) is 42.0 Å². The van der Waals surface area contributed by atoms with Crippen molar-refractivity contribution in [3.8, 4) is 0 Å². The van der Waals surface area contributed by atoms with E-state index in [4.69, 9.17) is 0 Å². The normalized spacial score (nSPS) is 15.1. The summed E-state index contributed by atoms with van der Waals surface area (Å²) in [4.78, 5) is 30.5. The third-order valence-corrected chi connectivity index (χ3v) is 4.86. The molecule has 5 nitrogen and oxygen atoms in total. The van der Waals surface area contributed by atoms with Crippen LogP contribution in [0.2, 0.25) is 0 Å². The number of amides is 2. The van der Waals surface area contributed by atoms with Crippen LogP contribution in [0.1, 0.15) is 41.0 Å². The molecule has 0 bridgehead atoms. The molecule has 1 aliphatic heterocycles. The molecule has 6 heteroatoms. The van der Waals surface area contributed by atoms with Crippen LogP contribution in [-0.4, -0.2) is 34.8 Å². The summed E-state index contributed by atoms with van der Waals surface area (Å²) < 4.78 is 0. The number of thiazole rings is 1. The average Bonchev–Trinajstić information content (AvgIpc) is 3.00. The summed E-state index contributed by atoms with van der Waals surface area (Å²) in [5, 5.41) is 5.43. The summed E-state index contributed by atoms with van der Waals surface area (Å²) in [6.07, 6.45) is 9.37. The zero-order valence-corrected chi connectivity index (χ0v) is 14.8. The van der Waals surface area contributed by atoms with Crippen molar-refractivity contribution in [1.29, 1.82) is 0 Å². The maximum absolute atomic E-state index is 12.5. The van der Waals surface area contributed by atoms with Gasteiger partial charge in [-0.05, 0) is 43.2 Å². The van der Waals surface area contributed by atoms with E-state index >= 15 is 0 Å². The minimum absolute atomic E-state index is 0.0726. The molecule has 0 radical (unpaired) electrons. The molecule has 1 aromatic heterocycles. The molecule has 2 amide bonds. The Kier molecular flexibility index (Phi) is 5.95. The number of likely N-dealkylation sites (tertiary alicyclic amines) is 1. The van der Waals surface area contributed by atoms with Crippen LogP contribution in [0.4, 0.5) is 5.69 Å². The lowest BCUT2D eigenvalue weighted by Gasteiger charge is -2.20. The van der Waals surface area contributed by atoms with E-state index in [2.05, 4.69) is 10.3 Å². The summed E-state index contributed by atoms with van der Waals surface area (Å²) in [6, 6.07) is 7.07. The van der Waals surface area contributed by atoms with E-state index in [0.29, 0.717) is 11.3 Å². The Bertz CT molecular complexity index is 731. The minimum Gasteiger partial charge on any atom is -0.339 e. The van der Waals surface area contributed by atoms with E-state index in [1.807, 2.05) is 10.3 Å². The Balaban J connectivity index is 1.58. The number of carbonyl (C=O) groups is 2. The smallest absolute Gasteiger partial charge is 0.253 e. The van der Waals surface area contributed by atoms with Crippen molar-refractivity contribution in [2.75, 3.05) is 18.4 Å². The summed E-state index contributed by atoms with van der Waals surface area (Å²) >= 11 is 1.47. The van der Waals surface area contributed by atoms with Gasteiger partial charge in [-0.1, -0.05) is 12.8 Å². The molecule has 0 atom stereocenters. The Morgan fingerprint density at radius 3 is 2.44 bits per heavy atom. The maximum Gasteiger partial charge on any atom is 0.253 e. The number of benzene rings is 1. The van der Waals surface area contributed by atoms with E-state index in [9.17, 15) is 9.59 Å². The van der Waals surface area contributed by atoms with Gasteiger partial charge in [-0.25, -0.2) is 4.98 Å². The lowest BCUT2D eigenvalue weighted by atomic mass is 10.1. The van der Waals surface area contributed by atoms with Gasteiger partial charge in [0.15, 0.2) is 0 Å². The summed E-state index contributed by atoms with van der Waals surface area (Å²) in [7, 11) is 0. The van der Waals surface area contributed by atoms with Crippen LogP contribution < -0.4 is 5.32 Å². The van der Waals surface area contributed by atoms with Crippen LogP contribution in [0, 0.1) is 0 Å². The molecule has 2 aromatic rings. The lowest BCUT2D eigenvalue weighted by Crippen LogP contribution is -2.31. The summed E-state index contributed by atoms with van der Waals surface area (Å²) in [5.41, 5.74) is 1.33. The third kappa shape index (κ3) is 5.00. The van der Waals surface area contributed by atoms with Gasteiger partial charge >= 0.3 is 0 Å². The molecule has 0 saturated carbocycles. The van der Waals surface area contributed by atoms with Crippen molar-refractivity contribution >= 4 is 34.9 Å². The predicted molar refractivity (Wildman–Crippen MR) is 101 cm³/mol. The number of aromatic nitrogens is 1. The van der Waals surface area contributed by atoms with Gasteiger partial charge in [-0.3, -0.25) is 9.59 Å². The van der Waals surface area contributed by atoms with Gasteiger partial charge < -0.3 is 10.2 Å². The first-order valence-corrected chi connectivity index (χ1v) is 9.38. The molecular formula is C19H21N3O2S. The zero-order valence-electron chi connectivity index (χ0n) is 14.0. The second-order valence-electron chi connectivity index (χ2n) is 5.98. The first-order chi connectivity index (χ1) is 12.2. The van der Waals surface area contributed by atoms with Gasteiger partial charge in [0.25, 0.3) is 5.91 Å². The van der Waals surface area contributed by atoms with Crippen LogP contribution in [-0.2, 0) is 4.79 Å². The van der Waals surface area contributed by atoms with Gasteiger partial charge in [0.1, 0.15) is 5.01 Å². The Labute approximate surface area is 151 Å². The summed E-state index contributed by atoms with van der Waals surface area (Å²) in [6.45, 7) is 1.66. The van der Waals surface area contributed by atoms with Crippen LogP contribution >= 0.6 is 11.3 Å². The van der Waals surface area contributed by atoms with Crippen molar-refractivity contribution < 1.29 is 9.59 Å². The van der Waals surface area contributed by atoms with E-state index in [-0.39, 0.29) is 11.8 Å². The standard InChI is InChI=1S/C19H21N3O2S/c23-17(9-10-18-20-11-14-25-18)21-16-7-5-15(6-8-16)19(24)22-12-3-1-2-4-13-22/h5-11,14H,1-4,12-13H2,(H,21,23). The minimum atomic E-state index is -0.221. The molecule has 3 rings (SSSR count). The first kappa shape index (κ1) is 17.4. The molecule has 1 saturated heterocycles. The van der Waals surface area contributed by atoms with Crippen molar-refractivity contribution in [3.63, 3.8) is 0 Å². The van der Waals surface area contributed by atoms with Crippen LogP contribution in [0.15, 0.2) is 41.9 Å². The highest BCUT2D eigenvalue weighted by Crippen LogP contribution is 2.16. The Morgan fingerprint density at radius 2 is 1.80 bits per heavy atom. The van der Waals surface area contributed by atoms with Crippen LogP contribution in [0.25, 0.3) is 6.08 Å². The first-order valence-electron chi connectivity index (χ1n) is 8.50. The highest BCUT2D eigenvalue weighted by molar-refractivity contribution is 7.10. The van der Waals surface area contributed by atoms with Crippen molar-refractivity contribution in [1.82, 2.24) is 9.88 Å². The van der Waals surface area contributed by atoms with Crippen LogP contribution in [0.3, 0.4) is 0 Å². The van der Waals surface area contributed by atoms with Crippen molar-refractivity contribution in [2.45, 2.75) is 25.7 Å². The number of nitrogens with one attached hydrogen (secondary N) is 1. The van der Waals surface area contributed by atoms with Gasteiger partial charge in [-0.15, -0.1) is 11.3 Å². The van der Waals surface area contributed by atoms with E-state index in [0.717, 1.165) is 30.9 Å². The fraction of sp³-hybridized carbons (Fsp3) is 0.316. The molecular weight excluding hydrogens is 334 g/mol. The van der Waals surface area contributed by atoms with E-state index in [1.54, 1.807) is 36.5 Å². The molecule has 130 valence electrons. The fourth-order valence-corrected chi connectivity index (χ4v) is 3.33.